The van der Waals surface area contributed by atoms with Crippen molar-refractivity contribution in [2.45, 2.75) is 13.0 Å². The van der Waals surface area contributed by atoms with Crippen molar-refractivity contribution in [3.63, 3.8) is 0 Å². The van der Waals surface area contributed by atoms with Crippen LogP contribution in [0.3, 0.4) is 0 Å². The summed E-state index contributed by atoms with van der Waals surface area (Å²) in [6, 6.07) is 13.0. The topological polar surface area (TPSA) is 57.5 Å². The molecule has 0 saturated heterocycles. The first kappa shape index (κ1) is 12.1. The number of hydrogen-bond donors (Lipinski definition) is 2. The maximum absolute atomic E-state index is 9.54. The molecule has 92 valence electrons. The maximum Gasteiger partial charge on any atom is 0.120 e. The summed E-state index contributed by atoms with van der Waals surface area (Å²) in [7, 11) is 0. The first-order chi connectivity index (χ1) is 8.86. The highest BCUT2D eigenvalue weighted by atomic mass is 16.3. The van der Waals surface area contributed by atoms with Crippen molar-refractivity contribution in [1.29, 1.82) is 0 Å². The number of phenolic OH excluding ortho intramolecular Hbond substituents is 1. The van der Waals surface area contributed by atoms with Crippen molar-refractivity contribution >= 4 is 6.21 Å². The standard InChI is InChI=1S/C14H15N3O/c18-14-7-2-1-5-12(14)11-17-16-10-8-13-6-3-4-9-15-13/h1-7,9-10,17-18H,8,11H2/b16-10+. The van der Waals surface area contributed by atoms with E-state index >= 15 is 0 Å². The third kappa shape index (κ3) is 3.59. The van der Waals surface area contributed by atoms with Crippen LogP contribution in [0, 0.1) is 0 Å². The normalized spacial score (nSPS) is 10.7. The molecule has 0 aliphatic heterocycles. The van der Waals surface area contributed by atoms with Gasteiger partial charge < -0.3 is 10.5 Å². The van der Waals surface area contributed by atoms with Gasteiger partial charge in [-0.2, -0.15) is 5.10 Å². The Morgan fingerprint density at radius 1 is 1.17 bits per heavy atom. The molecule has 2 rings (SSSR count). The van der Waals surface area contributed by atoms with Gasteiger partial charge in [-0.3, -0.25) is 4.98 Å². The van der Waals surface area contributed by atoms with E-state index in [0.717, 1.165) is 11.3 Å². The molecule has 0 unspecified atom stereocenters. The van der Waals surface area contributed by atoms with Crippen molar-refractivity contribution < 1.29 is 5.11 Å². The zero-order valence-electron chi connectivity index (χ0n) is 9.95. The number of pyridine rings is 1. The summed E-state index contributed by atoms with van der Waals surface area (Å²) in [5.41, 5.74) is 4.70. The fraction of sp³-hybridized carbons (Fsp3) is 0.143. The Labute approximate surface area is 106 Å². The number of benzene rings is 1. The largest absolute Gasteiger partial charge is 0.508 e. The minimum Gasteiger partial charge on any atom is -0.508 e. The molecule has 0 spiro atoms. The maximum atomic E-state index is 9.54. The van der Waals surface area contributed by atoms with E-state index in [0.29, 0.717) is 13.0 Å². The monoisotopic (exact) mass is 241 g/mol. The third-order valence-corrected chi connectivity index (χ3v) is 2.47. The molecular weight excluding hydrogens is 226 g/mol. The smallest absolute Gasteiger partial charge is 0.120 e. The van der Waals surface area contributed by atoms with Gasteiger partial charge in [-0.05, 0) is 18.2 Å². The van der Waals surface area contributed by atoms with Crippen LogP contribution in [-0.4, -0.2) is 16.3 Å². The predicted octanol–water partition coefficient (Wildman–Crippen LogP) is 2.11. The molecule has 1 heterocycles. The highest BCUT2D eigenvalue weighted by Crippen LogP contribution is 2.14. The second-order valence-corrected chi connectivity index (χ2v) is 3.80. The Hall–Kier alpha value is -2.36. The lowest BCUT2D eigenvalue weighted by atomic mass is 10.2. The van der Waals surface area contributed by atoms with E-state index < -0.39 is 0 Å². The van der Waals surface area contributed by atoms with Crippen molar-refractivity contribution in [2.75, 3.05) is 0 Å². The van der Waals surface area contributed by atoms with E-state index in [4.69, 9.17) is 0 Å². The van der Waals surface area contributed by atoms with Crippen LogP contribution in [0.25, 0.3) is 0 Å². The van der Waals surface area contributed by atoms with Gasteiger partial charge in [0.2, 0.25) is 0 Å². The quantitative estimate of drug-likeness (QED) is 0.622. The molecule has 0 aliphatic carbocycles. The molecule has 0 amide bonds. The molecule has 4 heteroatoms. The number of hydrazone groups is 1. The number of para-hydroxylation sites is 1. The summed E-state index contributed by atoms with van der Waals surface area (Å²) in [4.78, 5) is 4.19. The van der Waals surface area contributed by atoms with Gasteiger partial charge >= 0.3 is 0 Å². The Morgan fingerprint density at radius 3 is 2.78 bits per heavy atom. The van der Waals surface area contributed by atoms with E-state index in [-0.39, 0.29) is 5.75 Å². The van der Waals surface area contributed by atoms with Crippen LogP contribution in [0.4, 0.5) is 0 Å². The first-order valence-electron chi connectivity index (χ1n) is 5.77. The van der Waals surface area contributed by atoms with Crippen LogP contribution in [0.1, 0.15) is 11.3 Å². The van der Waals surface area contributed by atoms with Gasteiger partial charge in [-0.15, -0.1) is 0 Å². The molecule has 0 atom stereocenters. The molecule has 0 radical (unpaired) electrons. The molecule has 0 aliphatic rings. The first-order valence-corrected chi connectivity index (χ1v) is 5.77. The summed E-state index contributed by atoms with van der Waals surface area (Å²) in [6.45, 7) is 0.505. The zero-order chi connectivity index (χ0) is 12.6. The lowest BCUT2D eigenvalue weighted by molar-refractivity contribution is 0.465. The lowest BCUT2D eigenvalue weighted by Crippen LogP contribution is -2.06. The molecule has 18 heavy (non-hydrogen) atoms. The van der Waals surface area contributed by atoms with E-state index in [1.54, 1.807) is 24.5 Å². The Bertz CT molecular complexity index is 511. The zero-order valence-corrected chi connectivity index (χ0v) is 9.95. The van der Waals surface area contributed by atoms with Gasteiger partial charge in [0.15, 0.2) is 0 Å². The van der Waals surface area contributed by atoms with Gasteiger partial charge in [0.1, 0.15) is 5.75 Å². The minimum atomic E-state index is 0.282. The van der Waals surface area contributed by atoms with Crippen LogP contribution in [0.5, 0.6) is 5.75 Å². The Kier molecular flexibility index (Phi) is 4.30. The number of phenols is 1. The Balaban J connectivity index is 1.77. The number of nitrogens with one attached hydrogen (secondary N) is 1. The summed E-state index contributed by atoms with van der Waals surface area (Å²) < 4.78 is 0. The molecule has 0 saturated carbocycles. The number of aromatic hydroxyl groups is 1. The van der Waals surface area contributed by atoms with Crippen LogP contribution < -0.4 is 5.43 Å². The third-order valence-electron chi connectivity index (χ3n) is 2.47. The van der Waals surface area contributed by atoms with Gasteiger partial charge in [-0.25, -0.2) is 0 Å². The van der Waals surface area contributed by atoms with Crippen LogP contribution in [0.2, 0.25) is 0 Å². The molecular formula is C14H15N3O. The van der Waals surface area contributed by atoms with Crippen LogP contribution >= 0.6 is 0 Å². The highest BCUT2D eigenvalue weighted by Gasteiger charge is 1.96. The van der Waals surface area contributed by atoms with Crippen LogP contribution in [-0.2, 0) is 13.0 Å². The molecule has 2 N–H and O–H groups in total. The van der Waals surface area contributed by atoms with Gasteiger partial charge in [-0.1, -0.05) is 24.3 Å². The van der Waals surface area contributed by atoms with Crippen molar-refractivity contribution in [1.82, 2.24) is 10.4 Å². The minimum absolute atomic E-state index is 0.282. The fourth-order valence-electron chi connectivity index (χ4n) is 1.51. The molecule has 1 aromatic heterocycles. The summed E-state index contributed by atoms with van der Waals surface area (Å²) in [6.07, 6.45) is 4.22. The number of hydrogen-bond acceptors (Lipinski definition) is 4. The van der Waals surface area contributed by atoms with Gasteiger partial charge in [0.05, 0.1) is 6.54 Å². The van der Waals surface area contributed by atoms with E-state index in [1.807, 2.05) is 30.3 Å². The Morgan fingerprint density at radius 2 is 2.00 bits per heavy atom. The van der Waals surface area contributed by atoms with E-state index in [9.17, 15) is 5.11 Å². The van der Waals surface area contributed by atoms with Crippen molar-refractivity contribution in [3.05, 3.63) is 59.9 Å². The lowest BCUT2D eigenvalue weighted by Gasteiger charge is -2.02. The van der Waals surface area contributed by atoms with E-state index in [1.165, 1.54) is 0 Å². The fourth-order valence-corrected chi connectivity index (χ4v) is 1.51. The van der Waals surface area contributed by atoms with Gasteiger partial charge in [0, 0.05) is 30.1 Å². The average Bonchev–Trinajstić information content (AvgIpc) is 2.42. The molecule has 4 nitrogen and oxygen atoms in total. The molecule has 2 aromatic rings. The second-order valence-electron chi connectivity index (χ2n) is 3.80. The number of nitrogens with zero attached hydrogens (tertiary/aromatic N) is 2. The van der Waals surface area contributed by atoms with Crippen LogP contribution in [0.15, 0.2) is 53.8 Å². The number of aromatic nitrogens is 1. The molecule has 0 bridgehead atoms. The predicted molar refractivity (Wildman–Crippen MR) is 71.4 cm³/mol. The molecule has 0 fully saturated rings. The van der Waals surface area contributed by atoms with Gasteiger partial charge in [0.25, 0.3) is 0 Å². The summed E-state index contributed by atoms with van der Waals surface area (Å²) in [5.74, 6) is 0.282. The summed E-state index contributed by atoms with van der Waals surface area (Å²) in [5, 5.41) is 13.6. The average molecular weight is 241 g/mol. The van der Waals surface area contributed by atoms with E-state index in [2.05, 4.69) is 15.5 Å². The SMILES string of the molecule is Oc1ccccc1CN/N=C/Cc1ccccn1. The van der Waals surface area contributed by atoms with Crippen molar-refractivity contribution in [2.24, 2.45) is 5.10 Å². The van der Waals surface area contributed by atoms with Crippen molar-refractivity contribution in [3.8, 4) is 5.75 Å². The number of rotatable bonds is 5. The summed E-state index contributed by atoms with van der Waals surface area (Å²) >= 11 is 0. The molecule has 1 aromatic carbocycles. The highest BCUT2D eigenvalue weighted by molar-refractivity contribution is 5.60. The second kappa shape index (κ2) is 6.39.